The van der Waals surface area contributed by atoms with Crippen molar-refractivity contribution in [1.82, 2.24) is 4.90 Å². The van der Waals surface area contributed by atoms with E-state index in [-0.39, 0.29) is 0 Å². The van der Waals surface area contributed by atoms with Crippen molar-refractivity contribution in [3.63, 3.8) is 0 Å². The summed E-state index contributed by atoms with van der Waals surface area (Å²) in [5, 5.41) is 8.61. The first-order chi connectivity index (χ1) is 9.20. The Balaban J connectivity index is 1.71. The molecule has 1 atom stereocenters. The van der Waals surface area contributed by atoms with Crippen molar-refractivity contribution in [2.24, 2.45) is 5.92 Å². The summed E-state index contributed by atoms with van der Waals surface area (Å²) in [7, 11) is 2.17. The lowest BCUT2D eigenvalue weighted by Gasteiger charge is -2.24. The summed E-state index contributed by atoms with van der Waals surface area (Å²) in [4.78, 5) is 2.38. The molecule has 1 aliphatic carbocycles. The number of hydrogen-bond donors (Lipinski definition) is 0. The monoisotopic (exact) mass is 258 g/mol. The molecule has 3 heteroatoms. The number of nitrogens with zero attached hydrogens (tertiary/aromatic N) is 2. The number of rotatable bonds is 7. The van der Waals surface area contributed by atoms with Crippen LogP contribution in [0.15, 0.2) is 24.3 Å². The van der Waals surface area contributed by atoms with E-state index in [1.54, 1.807) is 0 Å². The van der Waals surface area contributed by atoms with Crippen molar-refractivity contribution >= 4 is 0 Å². The van der Waals surface area contributed by atoms with Crippen LogP contribution in [0.3, 0.4) is 0 Å². The number of nitriles is 1. The fourth-order valence-electron chi connectivity index (χ4n) is 2.24. The minimum Gasteiger partial charge on any atom is -0.492 e. The van der Waals surface area contributed by atoms with Gasteiger partial charge in [-0.05, 0) is 50.4 Å². The molecular weight excluding hydrogens is 236 g/mol. The Kier molecular flexibility index (Phi) is 4.81. The number of benzene rings is 1. The summed E-state index contributed by atoms with van der Waals surface area (Å²) in [6, 6.07) is 10.6. The Bertz CT molecular complexity index is 431. The van der Waals surface area contributed by atoms with Crippen LogP contribution in [-0.4, -0.2) is 31.1 Å². The second-order valence-electron chi connectivity index (χ2n) is 5.39. The predicted octanol–water partition coefficient (Wildman–Crippen LogP) is 2.86. The van der Waals surface area contributed by atoms with Crippen LogP contribution in [0.1, 0.15) is 25.3 Å². The number of ether oxygens (including phenoxy) is 1. The Labute approximate surface area is 115 Å². The van der Waals surface area contributed by atoms with Gasteiger partial charge < -0.3 is 9.64 Å². The van der Waals surface area contributed by atoms with Crippen molar-refractivity contribution in [3.05, 3.63) is 29.8 Å². The van der Waals surface area contributed by atoms with Gasteiger partial charge in [0.05, 0.1) is 12.5 Å². The van der Waals surface area contributed by atoms with Crippen LogP contribution in [0.5, 0.6) is 5.75 Å². The molecule has 102 valence electrons. The van der Waals surface area contributed by atoms with Crippen LogP contribution in [0.2, 0.25) is 0 Å². The van der Waals surface area contributed by atoms with Gasteiger partial charge in [-0.25, -0.2) is 0 Å². The molecule has 0 N–H and O–H groups in total. The molecule has 19 heavy (non-hydrogen) atoms. The third-order valence-electron chi connectivity index (χ3n) is 3.92. The Morgan fingerprint density at radius 2 is 2.05 bits per heavy atom. The molecule has 1 unspecified atom stereocenters. The van der Waals surface area contributed by atoms with E-state index in [0.717, 1.165) is 23.8 Å². The normalized spacial score (nSPS) is 16.1. The average Bonchev–Trinajstić information content (AvgIpc) is 3.24. The highest BCUT2D eigenvalue weighted by Gasteiger charge is 2.30. The lowest BCUT2D eigenvalue weighted by atomic mass is 10.2. The van der Waals surface area contributed by atoms with Gasteiger partial charge in [0.1, 0.15) is 12.4 Å². The van der Waals surface area contributed by atoms with Crippen molar-refractivity contribution in [2.45, 2.75) is 32.2 Å². The van der Waals surface area contributed by atoms with E-state index in [4.69, 9.17) is 10.00 Å². The molecule has 1 aromatic carbocycles. The quantitative estimate of drug-likeness (QED) is 0.754. The van der Waals surface area contributed by atoms with Crippen LogP contribution in [0.25, 0.3) is 0 Å². The van der Waals surface area contributed by atoms with Crippen LogP contribution in [0, 0.1) is 17.2 Å². The smallest absolute Gasteiger partial charge is 0.119 e. The highest BCUT2D eigenvalue weighted by atomic mass is 16.5. The van der Waals surface area contributed by atoms with Crippen LogP contribution in [-0.2, 0) is 6.42 Å². The van der Waals surface area contributed by atoms with Gasteiger partial charge >= 0.3 is 0 Å². The number of likely N-dealkylation sites (N-methyl/N-ethyl adjacent to an activating group) is 1. The minimum absolute atomic E-state index is 0.460. The Morgan fingerprint density at radius 3 is 2.63 bits per heavy atom. The van der Waals surface area contributed by atoms with Crippen molar-refractivity contribution in [2.75, 3.05) is 20.2 Å². The van der Waals surface area contributed by atoms with Gasteiger partial charge in [-0.1, -0.05) is 12.1 Å². The van der Waals surface area contributed by atoms with E-state index in [9.17, 15) is 0 Å². The maximum Gasteiger partial charge on any atom is 0.119 e. The summed E-state index contributed by atoms with van der Waals surface area (Å²) in [5.41, 5.74) is 1.04. The SMILES string of the molecule is CC(C1CC1)N(C)CCOc1ccc(CC#N)cc1. The van der Waals surface area contributed by atoms with E-state index in [1.165, 1.54) is 12.8 Å². The largest absolute Gasteiger partial charge is 0.492 e. The van der Waals surface area contributed by atoms with Gasteiger partial charge in [0, 0.05) is 12.6 Å². The van der Waals surface area contributed by atoms with Crippen molar-refractivity contribution < 1.29 is 4.74 Å². The third-order valence-corrected chi connectivity index (χ3v) is 3.92. The lowest BCUT2D eigenvalue weighted by molar-refractivity contribution is 0.186. The van der Waals surface area contributed by atoms with Gasteiger partial charge in [-0.15, -0.1) is 0 Å². The topological polar surface area (TPSA) is 36.3 Å². The molecule has 0 saturated heterocycles. The standard InChI is InChI=1S/C16H22N2O/c1-13(15-5-6-15)18(2)11-12-19-16-7-3-14(4-8-16)9-10-17/h3-4,7-8,13,15H,5-6,9,11-12H2,1-2H3. The Hall–Kier alpha value is -1.53. The van der Waals surface area contributed by atoms with Crippen molar-refractivity contribution in [3.8, 4) is 11.8 Å². The van der Waals surface area contributed by atoms with E-state index in [2.05, 4.69) is 24.9 Å². The van der Waals surface area contributed by atoms with Crippen LogP contribution in [0.4, 0.5) is 0 Å². The van der Waals surface area contributed by atoms with Gasteiger partial charge in [-0.2, -0.15) is 5.26 Å². The first kappa shape index (κ1) is 13.9. The highest BCUT2D eigenvalue weighted by Crippen LogP contribution is 2.34. The molecule has 1 saturated carbocycles. The first-order valence-electron chi connectivity index (χ1n) is 6.99. The average molecular weight is 258 g/mol. The zero-order valence-corrected chi connectivity index (χ0v) is 11.8. The zero-order valence-electron chi connectivity index (χ0n) is 11.8. The predicted molar refractivity (Wildman–Crippen MR) is 76.1 cm³/mol. The van der Waals surface area contributed by atoms with Gasteiger partial charge in [0.2, 0.25) is 0 Å². The van der Waals surface area contributed by atoms with E-state index in [0.29, 0.717) is 19.1 Å². The molecule has 3 nitrogen and oxygen atoms in total. The summed E-state index contributed by atoms with van der Waals surface area (Å²) >= 11 is 0. The minimum atomic E-state index is 0.460. The van der Waals surface area contributed by atoms with Crippen molar-refractivity contribution in [1.29, 1.82) is 5.26 Å². The molecule has 1 aromatic rings. The second-order valence-corrected chi connectivity index (χ2v) is 5.39. The van der Waals surface area contributed by atoms with Gasteiger partial charge in [0.15, 0.2) is 0 Å². The maximum absolute atomic E-state index is 8.61. The fourth-order valence-corrected chi connectivity index (χ4v) is 2.24. The summed E-state index contributed by atoms with van der Waals surface area (Å²) < 4.78 is 5.74. The molecule has 0 aromatic heterocycles. The molecule has 0 spiro atoms. The molecule has 1 aliphatic rings. The summed E-state index contributed by atoms with van der Waals surface area (Å²) in [5.74, 6) is 1.78. The molecular formula is C16H22N2O. The Morgan fingerprint density at radius 1 is 1.37 bits per heavy atom. The summed E-state index contributed by atoms with van der Waals surface area (Å²) in [6.07, 6.45) is 3.22. The van der Waals surface area contributed by atoms with Crippen LogP contribution < -0.4 is 4.74 Å². The fraction of sp³-hybridized carbons (Fsp3) is 0.562. The van der Waals surface area contributed by atoms with Gasteiger partial charge in [-0.3, -0.25) is 0 Å². The first-order valence-corrected chi connectivity index (χ1v) is 6.99. The molecule has 0 heterocycles. The molecule has 2 rings (SSSR count). The van der Waals surface area contributed by atoms with E-state index >= 15 is 0 Å². The molecule has 0 bridgehead atoms. The zero-order chi connectivity index (χ0) is 13.7. The molecule has 1 fully saturated rings. The van der Waals surface area contributed by atoms with Crippen LogP contribution >= 0.6 is 0 Å². The molecule has 0 aliphatic heterocycles. The van der Waals surface area contributed by atoms with E-state index < -0.39 is 0 Å². The molecule has 0 amide bonds. The lowest BCUT2D eigenvalue weighted by Crippen LogP contribution is -2.34. The van der Waals surface area contributed by atoms with E-state index in [1.807, 2.05) is 24.3 Å². The molecule has 0 radical (unpaired) electrons. The highest BCUT2D eigenvalue weighted by molar-refractivity contribution is 5.28. The summed E-state index contributed by atoms with van der Waals surface area (Å²) in [6.45, 7) is 3.97. The van der Waals surface area contributed by atoms with Gasteiger partial charge in [0.25, 0.3) is 0 Å². The third kappa shape index (κ3) is 4.25. The maximum atomic E-state index is 8.61. The number of hydrogen-bond acceptors (Lipinski definition) is 3. The second kappa shape index (κ2) is 6.58.